The molecule has 0 fully saturated rings. The molecule has 19 heavy (non-hydrogen) atoms. The maximum absolute atomic E-state index is 3.66. The maximum Gasteiger partial charge on any atom is 0.0558 e. The zero-order valence-corrected chi connectivity index (χ0v) is 13.1. The molecule has 2 aromatic rings. The van der Waals surface area contributed by atoms with Gasteiger partial charge in [-0.15, -0.1) is 0 Å². The molecule has 0 saturated heterocycles. The molecule has 1 heterocycles. The summed E-state index contributed by atoms with van der Waals surface area (Å²) in [6, 6.07) is 17.0. The van der Waals surface area contributed by atoms with Crippen LogP contribution in [0.25, 0.3) is 0 Å². The number of anilines is 1. The largest absolute Gasteiger partial charge is 0.298 e. The van der Waals surface area contributed by atoms with E-state index in [9.17, 15) is 0 Å². The summed E-state index contributed by atoms with van der Waals surface area (Å²) in [6.45, 7) is 1.88. The van der Waals surface area contributed by atoms with Crippen LogP contribution in [0.4, 0.5) is 5.69 Å². The molecule has 3 rings (SSSR count). The van der Waals surface area contributed by atoms with Crippen molar-refractivity contribution in [2.24, 2.45) is 0 Å². The predicted octanol–water partition coefficient (Wildman–Crippen LogP) is 4.46. The third-order valence-corrected chi connectivity index (χ3v) is 4.82. The molecule has 0 atom stereocenters. The van der Waals surface area contributed by atoms with Crippen molar-refractivity contribution in [3.8, 4) is 0 Å². The molecule has 1 aliphatic rings. The minimum absolute atomic E-state index is 0.916. The van der Waals surface area contributed by atoms with E-state index in [0.29, 0.717) is 0 Å². The fourth-order valence-corrected chi connectivity index (χ4v) is 3.73. The molecule has 1 aliphatic heterocycles. The number of halogens is 1. The minimum Gasteiger partial charge on any atom is -0.298 e. The molecule has 0 radical (unpaired) electrons. The van der Waals surface area contributed by atoms with E-state index < -0.39 is 0 Å². The third-order valence-electron chi connectivity index (χ3n) is 3.15. The number of rotatable bonds is 2. The lowest BCUT2D eigenvalue weighted by atomic mass is 10.1. The first-order valence-electron chi connectivity index (χ1n) is 6.22. The van der Waals surface area contributed by atoms with Gasteiger partial charge in [0.15, 0.2) is 0 Å². The Balaban J connectivity index is 1.93. The number of fused-ring (bicyclic) bond motifs is 1. The van der Waals surface area contributed by atoms with Crippen molar-refractivity contribution in [2.45, 2.75) is 13.1 Å². The molecule has 0 amide bonds. The summed E-state index contributed by atoms with van der Waals surface area (Å²) in [7, 11) is 2.13. The van der Waals surface area contributed by atoms with E-state index in [0.717, 1.165) is 13.1 Å². The molecule has 0 aliphatic carbocycles. The van der Waals surface area contributed by atoms with E-state index in [2.05, 4.69) is 80.1 Å². The van der Waals surface area contributed by atoms with Gasteiger partial charge in [-0.25, -0.2) is 4.31 Å². The highest BCUT2D eigenvalue weighted by molar-refractivity contribution is 9.10. The average molecular weight is 335 g/mol. The van der Waals surface area contributed by atoms with Crippen LogP contribution in [0, 0.1) is 0 Å². The Morgan fingerprint density at radius 3 is 2.68 bits per heavy atom. The van der Waals surface area contributed by atoms with Crippen molar-refractivity contribution < 1.29 is 0 Å². The van der Waals surface area contributed by atoms with Crippen molar-refractivity contribution in [2.75, 3.05) is 11.4 Å². The topological polar surface area (TPSA) is 6.48 Å². The lowest BCUT2D eigenvalue weighted by Crippen LogP contribution is -2.28. The number of benzene rings is 2. The quantitative estimate of drug-likeness (QED) is 0.748. The van der Waals surface area contributed by atoms with Crippen LogP contribution < -0.4 is 4.31 Å². The van der Waals surface area contributed by atoms with E-state index in [1.54, 1.807) is 12.1 Å². The summed E-state index contributed by atoms with van der Waals surface area (Å²) in [6.07, 6.45) is 0. The Hall–Kier alpha value is -0.970. The summed E-state index contributed by atoms with van der Waals surface area (Å²) in [5.41, 5.74) is 4.00. The zero-order valence-electron chi connectivity index (χ0n) is 10.7. The fraction of sp³-hybridized carbons (Fsp3) is 0.200. The maximum atomic E-state index is 3.66. The Morgan fingerprint density at radius 2 is 1.89 bits per heavy atom. The molecule has 98 valence electrons. The smallest absolute Gasteiger partial charge is 0.0558 e. The Morgan fingerprint density at radius 1 is 1.11 bits per heavy atom. The van der Waals surface area contributed by atoms with Gasteiger partial charge in [0.2, 0.25) is 0 Å². The third kappa shape index (κ3) is 2.81. The summed E-state index contributed by atoms with van der Waals surface area (Å²) in [5, 5.41) is 0. The van der Waals surface area contributed by atoms with E-state index >= 15 is 0 Å². The molecule has 0 aromatic heterocycles. The number of nitrogens with zero attached hydrogens (tertiary/aromatic N) is 2. The standard InChI is InChI=1S/C15H15BrN2S/c1-17-11-13-14(16)8-5-9-15(13)18(19-17)10-12-6-3-2-4-7-12/h2-9H,10-11H2,1H3. The van der Waals surface area contributed by atoms with Gasteiger partial charge < -0.3 is 0 Å². The van der Waals surface area contributed by atoms with Crippen molar-refractivity contribution in [1.82, 2.24) is 4.31 Å². The molecule has 0 N–H and O–H groups in total. The second kappa shape index (κ2) is 5.57. The van der Waals surface area contributed by atoms with Crippen LogP contribution in [0.15, 0.2) is 53.0 Å². The molecule has 2 aromatic carbocycles. The van der Waals surface area contributed by atoms with Gasteiger partial charge in [-0.2, -0.15) is 0 Å². The van der Waals surface area contributed by atoms with Crippen molar-refractivity contribution in [1.29, 1.82) is 0 Å². The van der Waals surface area contributed by atoms with Crippen LogP contribution in [0.5, 0.6) is 0 Å². The molecule has 0 bridgehead atoms. The zero-order chi connectivity index (χ0) is 13.2. The highest BCUT2D eigenvalue weighted by atomic mass is 79.9. The van der Waals surface area contributed by atoms with E-state index in [-0.39, 0.29) is 0 Å². The first kappa shape index (κ1) is 13.0. The minimum atomic E-state index is 0.916. The van der Waals surface area contributed by atoms with Gasteiger partial charge >= 0.3 is 0 Å². The molecule has 0 saturated carbocycles. The van der Waals surface area contributed by atoms with E-state index in [1.165, 1.54) is 21.3 Å². The van der Waals surface area contributed by atoms with Crippen LogP contribution in [-0.4, -0.2) is 11.4 Å². The monoisotopic (exact) mass is 334 g/mol. The molecular formula is C15H15BrN2S. The van der Waals surface area contributed by atoms with Gasteiger partial charge in [0.1, 0.15) is 0 Å². The molecule has 2 nitrogen and oxygen atoms in total. The highest BCUT2D eigenvalue weighted by Crippen LogP contribution is 2.39. The van der Waals surface area contributed by atoms with Crippen molar-refractivity contribution in [3.05, 3.63) is 64.1 Å². The predicted molar refractivity (Wildman–Crippen MR) is 85.8 cm³/mol. The Labute approximate surface area is 126 Å². The van der Waals surface area contributed by atoms with Crippen molar-refractivity contribution >= 4 is 33.8 Å². The van der Waals surface area contributed by atoms with Gasteiger partial charge in [0, 0.05) is 28.7 Å². The van der Waals surface area contributed by atoms with Crippen LogP contribution in [0.2, 0.25) is 0 Å². The summed E-state index contributed by atoms with van der Waals surface area (Å²) in [5.74, 6) is 0. The van der Waals surface area contributed by atoms with Crippen molar-refractivity contribution in [3.63, 3.8) is 0 Å². The lowest BCUT2D eigenvalue weighted by Gasteiger charge is -2.35. The van der Waals surface area contributed by atoms with Crippen LogP contribution >= 0.6 is 28.1 Å². The van der Waals surface area contributed by atoms with Crippen LogP contribution in [0.3, 0.4) is 0 Å². The van der Waals surface area contributed by atoms with Gasteiger partial charge in [-0.05, 0) is 24.7 Å². The first-order valence-corrected chi connectivity index (χ1v) is 7.74. The molecule has 0 unspecified atom stereocenters. The van der Waals surface area contributed by atoms with Gasteiger partial charge in [0.05, 0.1) is 12.2 Å². The summed E-state index contributed by atoms with van der Waals surface area (Å²) in [4.78, 5) is 0. The van der Waals surface area contributed by atoms with Gasteiger partial charge in [0.25, 0.3) is 0 Å². The molecular weight excluding hydrogens is 320 g/mol. The number of hydrogen-bond donors (Lipinski definition) is 0. The van der Waals surface area contributed by atoms with Crippen LogP contribution in [0.1, 0.15) is 11.1 Å². The second-order valence-corrected chi connectivity index (χ2v) is 6.71. The van der Waals surface area contributed by atoms with Gasteiger partial charge in [-0.1, -0.05) is 52.3 Å². The SMILES string of the molecule is CN1Cc2c(Br)cccc2N(Cc2ccccc2)S1. The Bertz CT molecular complexity index is 574. The second-order valence-electron chi connectivity index (χ2n) is 4.63. The lowest BCUT2D eigenvalue weighted by molar-refractivity contribution is 0.551. The Kier molecular flexibility index (Phi) is 3.82. The summed E-state index contributed by atoms with van der Waals surface area (Å²) >= 11 is 5.44. The van der Waals surface area contributed by atoms with Gasteiger partial charge in [-0.3, -0.25) is 4.31 Å². The van der Waals surface area contributed by atoms with Crippen LogP contribution in [-0.2, 0) is 13.1 Å². The van der Waals surface area contributed by atoms with E-state index in [4.69, 9.17) is 0 Å². The summed E-state index contributed by atoms with van der Waals surface area (Å²) < 4.78 is 5.80. The number of hydrogen-bond acceptors (Lipinski definition) is 3. The van der Waals surface area contributed by atoms with E-state index in [1.807, 2.05) is 0 Å². The normalized spacial score (nSPS) is 15.4. The molecule has 4 heteroatoms. The first-order chi connectivity index (χ1) is 9.24. The average Bonchev–Trinajstić information content (AvgIpc) is 2.41. The fourth-order valence-electron chi connectivity index (χ4n) is 2.26. The molecule has 0 spiro atoms. The highest BCUT2D eigenvalue weighted by Gasteiger charge is 2.23.